The number of benzene rings is 1. The molecular weight excluding hydrogens is 260 g/mol. The Kier molecular flexibility index (Phi) is 3.85. The Morgan fingerprint density at radius 1 is 1.33 bits per heavy atom. The average molecular weight is 279 g/mol. The normalized spacial score (nSPS) is 15.5. The van der Waals surface area contributed by atoms with Gasteiger partial charge in [0.1, 0.15) is 0 Å². The highest BCUT2D eigenvalue weighted by molar-refractivity contribution is 6.01. The number of carbonyl (C=O) groups is 1. The van der Waals surface area contributed by atoms with E-state index in [1.54, 1.807) is 12.4 Å². The monoisotopic (exact) mass is 279 g/mol. The fourth-order valence-electron chi connectivity index (χ4n) is 2.72. The smallest absolute Gasteiger partial charge is 0.296 e. The molecule has 0 unspecified atom stereocenters. The molecule has 0 aromatic heterocycles. The third kappa shape index (κ3) is 3.21. The van der Waals surface area contributed by atoms with Gasteiger partial charge in [-0.25, -0.2) is 0 Å². The fraction of sp³-hybridized carbons (Fsp3) is 0.278. The summed E-state index contributed by atoms with van der Waals surface area (Å²) in [5, 5.41) is 2.97. The minimum Gasteiger partial charge on any atom is -0.326 e. The lowest BCUT2D eigenvalue weighted by atomic mass is 9.91. The van der Waals surface area contributed by atoms with Crippen molar-refractivity contribution in [2.75, 3.05) is 5.32 Å². The van der Waals surface area contributed by atoms with Crippen LogP contribution in [-0.2, 0) is 11.2 Å². The van der Waals surface area contributed by atoms with E-state index in [9.17, 15) is 4.79 Å². The molecule has 1 amide bonds. The van der Waals surface area contributed by atoms with Crippen molar-refractivity contribution >= 4 is 30.1 Å². The molecule has 1 aliphatic heterocycles. The van der Waals surface area contributed by atoms with Gasteiger partial charge in [0.05, 0.1) is 12.0 Å². The number of aryl methyl sites for hydroxylation is 1. The Labute approximate surface area is 124 Å². The third-order valence-electron chi connectivity index (χ3n) is 3.94. The zero-order chi connectivity index (χ0) is 14.7. The van der Waals surface area contributed by atoms with Crippen molar-refractivity contribution < 1.29 is 4.79 Å². The van der Waals surface area contributed by atoms with E-state index in [0.29, 0.717) is 6.42 Å². The molecule has 3 rings (SSSR count). The maximum absolute atomic E-state index is 12.0. The molecule has 106 valence electrons. The number of amides is 1. The lowest BCUT2D eigenvalue weighted by molar-refractivity contribution is -0.115. The first kappa shape index (κ1) is 13.6. The highest BCUT2D eigenvalue weighted by Crippen LogP contribution is 2.27. The van der Waals surface area contributed by atoms with Crippen LogP contribution in [0.25, 0.3) is 6.08 Å². The number of carbonyl (C=O) groups excluding carboxylic acids is 1. The summed E-state index contributed by atoms with van der Waals surface area (Å²) in [6.45, 7) is 2.19. The molecule has 0 radical (unpaired) electrons. The van der Waals surface area contributed by atoms with Crippen LogP contribution < -0.4 is 9.98 Å². The van der Waals surface area contributed by atoms with Crippen molar-refractivity contribution in [1.29, 1.82) is 0 Å². The van der Waals surface area contributed by atoms with Crippen LogP contribution in [0.1, 0.15) is 37.3 Å². The summed E-state index contributed by atoms with van der Waals surface area (Å²) in [5.74, 6) is -0.00143. The first-order valence-electron chi connectivity index (χ1n) is 7.42. The first-order chi connectivity index (χ1) is 10.2. The maximum atomic E-state index is 12.0. The number of anilines is 1. The van der Waals surface area contributed by atoms with Crippen LogP contribution in [0.2, 0.25) is 0 Å². The predicted octanol–water partition coefficient (Wildman–Crippen LogP) is 2.90. The third-order valence-corrected chi connectivity index (χ3v) is 3.94. The van der Waals surface area contributed by atoms with Crippen LogP contribution in [-0.4, -0.2) is 18.3 Å². The van der Waals surface area contributed by atoms with Crippen molar-refractivity contribution in [2.24, 2.45) is 0 Å². The molecule has 1 aromatic carbocycles. The van der Waals surface area contributed by atoms with Gasteiger partial charge in [-0.15, -0.1) is 4.67 Å². The molecule has 0 bridgehead atoms. The van der Waals surface area contributed by atoms with Gasteiger partial charge in [-0.2, -0.15) is 0 Å². The van der Waals surface area contributed by atoms with Crippen molar-refractivity contribution in [2.45, 2.75) is 32.6 Å². The predicted molar refractivity (Wildman–Crippen MR) is 88.6 cm³/mol. The summed E-state index contributed by atoms with van der Waals surface area (Å²) in [4.78, 5) is 12.0. The lowest BCUT2D eigenvalue weighted by Crippen LogP contribution is -2.13. The minimum absolute atomic E-state index is 0.00143. The fourth-order valence-corrected chi connectivity index (χ4v) is 2.72. The molecule has 0 fully saturated rings. The van der Waals surface area contributed by atoms with Crippen LogP contribution in [0.5, 0.6) is 0 Å². The van der Waals surface area contributed by atoms with Gasteiger partial charge in [0.2, 0.25) is 5.91 Å². The number of nitrogens with zero attached hydrogens (tertiary/aromatic N) is 1. The van der Waals surface area contributed by atoms with E-state index in [4.69, 9.17) is 0 Å². The molecule has 3 nitrogen and oxygen atoms in total. The zero-order valence-corrected chi connectivity index (χ0v) is 12.2. The largest absolute Gasteiger partial charge is 0.326 e. The number of fused-ring (bicyclic) bond motifs is 1. The van der Waals surface area contributed by atoms with Gasteiger partial charge < -0.3 is 5.32 Å². The number of nitrogens with one attached hydrogen (secondary N) is 1. The van der Waals surface area contributed by atoms with Gasteiger partial charge in [0, 0.05) is 11.8 Å². The van der Waals surface area contributed by atoms with E-state index in [1.807, 2.05) is 12.1 Å². The van der Waals surface area contributed by atoms with Gasteiger partial charge >= 0.3 is 0 Å². The van der Waals surface area contributed by atoms with Crippen molar-refractivity contribution in [3.63, 3.8) is 0 Å². The van der Waals surface area contributed by atoms with Crippen LogP contribution in [0.3, 0.4) is 0 Å². The molecule has 1 aromatic rings. The summed E-state index contributed by atoms with van der Waals surface area (Å²) in [6.07, 6.45) is 11.3. The molecule has 1 aliphatic carbocycles. The molecule has 0 spiro atoms. The highest BCUT2D eigenvalue weighted by Gasteiger charge is 2.13. The molecule has 3 heteroatoms. The van der Waals surface area contributed by atoms with Gasteiger partial charge in [-0.1, -0.05) is 24.6 Å². The Hall–Kier alpha value is -2.38. The SMILES string of the molecule is CCC1=Cc2cc(NC(=O)CC3=CC=[N+]=C3)ccc2CC1. The van der Waals surface area contributed by atoms with Gasteiger partial charge in [-0.05, 0) is 42.5 Å². The number of hydrogen-bond acceptors (Lipinski definition) is 1. The molecule has 0 atom stereocenters. The summed E-state index contributed by atoms with van der Waals surface area (Å²) in [7, 11) is 0. The molecule has 2 aliphatic rings. The van der Waals surface area contributed by atoms with E-state index in [0.717, 1.165) is 30.5 Å². The van der Waals surface area contributed by atoms with E-state index < -0.39 is 0 Å². The Balaban J connectivity index is 1.71. The zero-order valence-electron chi connectivity index (χ0n) is 12.2. The molecule has 0 saturated carbocycles. The van der Waals surface area contributed by atoms with E-state index in [1.165, 1.54) is 16.7 Å². The van der Waals surface area contributed by atoms with Crippen molar-refractivity contribution in [1.82, 2.24) is 4.67 Å². The maximum Gasteiger partial charge on any atom is 0.296 e. The molecule has 1 heterocycles. The summed E-state index contributed by atoms with van der Waals surface area (Å²) < 4.78 is 3.97. The van der Waals surface area contributed by atoms with Crippen LogP contribution >= 0.6 is 0 Å². The Morgan fingerprint density at radius 2 is 2.24 bits per heavy atom. The average Bonchev–Trinajstić information content (AvgIpc) is 2.99. The summed E-state index contributed by atoms with van der Waals surface area (Å²) in [6, 6.07) is 6.19. The number of rotatable bonds is 4. The second-order valence-electron chi connectivity index (χ2n) is 5.46. The highest BCUT2D eigenvalue weighted by atomic mass is 16.1. The molecular formula is C18H19N2O+. The molecule has 1 N–H and O–H groups in total. The van der Waals surface area contributed by atoms with E-state index >= 15 is 0 Å². The number of hydrogen-bond donors (Lipinski definition) is 1. The Bertz CT molecular complexity index is 704. The van der Waals surface area contributed by atoms with E-state index in [-0.39, 0.29) is 5.91 Å². The quantitative estimate of drug-likeness (QED) is 0.846. The topological polar surface area (TPSA) is 43.2 Å². The summed E-state index contributed by atoms with van der Waals surface area (Å²) in [5.41, 5.74) is 5.90. The Morgan fingerprint density at radius 3 is 3.00 bits per heavy atom. The minimum atomic E-state index is -0.00143. The standard InChI is InChI=1S/C18H18N2O/c1-2-13-3-4-15-5-6-17(11-16(15)9-13)20-18(21)10-14-7-8-19-12-14/h5-9,11-12H,2-4,10H2,1H3/p+1. The van der Waals surface area contributed by atoms with Crippen molar-refractivity contribution in [3.05, 3.63) is 46.5 Å². The van der Waals surface area contributed by atoms with Gasteiger partial charge in [0.25, 0.3) is 12.4 Å². The summed E-state index contributed by atoms with van der Waals surface area (Å²) >= 11 is 0. The van der Waals surface area contributed by atoms with E-state index in [2.05, 4.69) is 35.1 Å². The molecule has 21 heavy (non-hydrogen) atoms. The van der Waals surface area contributed by atoms with Crippen LogP contribution in [0, 0.1) is 0 Å². The molecule has 0 saturated heterocycles. The van der Waals surface area contributed by atoms with Gasteiger partial charge in [-0.3, -0.25) is 4.79 Å². The lowest BCUT2D eigenvalue weighted by Gasteiger charge is -2.16. The number of allylic oxidation sites excluding steroid dienone is 2. The first-order valence-corrected chi connectivity index (χ1v) is 7.42. The van der Waals surface area contributed by atoms with Crippen LogP contribution in [0.4, 0.5) is 5.69 Å². The van der Waals surface area contributed by atoms with Crippen LogP contribution in [0.15, 0.2) is 35.4 Å². The second-order valence-corrected chi connectivity index (χ2v) is 5.46. The van der Waals surface area contributed by atoms with Gasteiger partial charge in [0.15, 0.2) is 0 Å². The second kappa shape index (κ2) is 5.94. The van der Waals surface area contributed by atoms with Crippen molar-refractivity contribution in [3.8, 4) is 0 Å².